The van der Waals surface area contributed by atoms with E-state index in [9.17, 15) is 4.79 Å². The van der Waals surface area contributed by atoms with Crippen molar-refractivity contribution in [2.75, 3.05) is 6.54 Å². The quantitative estimate of drug-likeness (QED) is 0.769. The molecule has 138 valence electrons. The fraction of sp³-hybridized carbons (Fsp3) is 0.591. The molecule has 6 rings (SSSR count). The summed E-state index contributed by atoms with van der Waals surface area (Å²) in [6, 6.07) is 8.84. The highest BCUT2D eigenvalue weighted by Crippen LogP contribution is 2.51. The Morgan fingerprint density at radius 1 is 1.23 bits per heavy atom. The fourth-order valence-electron chi connectivity index (χ4n) is 5.48. The van der Waals surface area contributed by atoms with Crippen LogP contribution in [-0.4, -0.2) is 24.0 Å². The summed E-state index contributed by atoms with van der Waals surface area (Å²) in [5, 5.41) is 8.27. The molecule has 2 N–H and O–H groups in total. The number of carbonyl (C=O) groups is 1. The Balaban J connectivity index is 1.44. The monoisotopic (exact) mass is 368 g/mol. The van der Waals surface area contributed by atoms with Gasteiger partial charge in [-0.05, 0) is 60.0 Å². The van der Waals surface area contributed by atoms with Gasteiger partial charge in [-0.1, -0.05) is 39.0 Å². The summed E-state index contributed by atoms with van der Waals surface area (Å²) in [6.45, 7) is 7.80. The molecule has 3 saturated carbocycles. The zero-order chi connectivity index (χ0) is 18.1. The molecule has 2 bridgehead atoms. The molecule has 1 saturated heterocycles. The number of thiophene rings is 1. The van der Waals surface area contributed by atoms with Crippen LogP contribution in [0.3, 0.4) is 0 Å². The van der Waals surface area contributed by atoms with Gasteiger partial charge >= 0.3 is 0 Å². The largest absolute Gasteiger partial charge is 0.346 e. The van der Waals surface area contributed by atoms with Crippen molar-refractivity contribution in [2.24, 2.45) is 11.8 Å². The summed E-state index contributed by atoms with van der Waals surface area (Å²) in [5.74, 6) is 1.53. The summed E-state index contributed by atoms with van der Waals surface area (Å²) < 4.78 is 1.26. The Kier molecular flexibility index (Phi) is 3.58. The molecule has 2 heterocycles. The van der Waals surface area contributed by atoms with Crippen LogP contribution in [0.4, 0.5) is 0 Å². The minimum Gasteiger partial charge on any atom is -0.346 e. The topological polar surface area (TPSA) is 51.0 Å². The molecular weight excluding hydrogens is 340 g/mol. The zero-order valence-corrected chi connectivity index (χ0v) is 16.7. The van der Waals surface area contributed by atoms with Gasteiger partial charge in [-0.25, -0.2) is 0 Å². The van der Waals surface area contributed by atoms with E-state index in [0.717, 1.165) is 17.3 Å². The molecule has 1 aliphatic heterocycles. The van der Waals surface area contributed by atoms with E-state index in [1.54, 1.807) is 11.3 Å². The number of hydrogen-bond donors (Lipinski definition) is 2. The van der Waals surface area contributed by atoms with Crippen molar-refractivity contribution in [2.45, 2.75) is 63.5 Å². The van der Waals surface area contributed by atoms with Crippen LogP contribution in [0.25, 0.3) is 10.1 Å². The third-order valence-electron chi connectivity index (χ3n) is 6.97. The molecular formula is C22H28N2OS. The summed E-state index contributed by atoms with van der Waals surface area (Å²) >= 11 is 1.66. The molecule has 1 spiro atoms. The average molecular weight is 369 g/mol. The normalized spacial score (nSPS) is 33.0. The summed E-state index contributed by atoms with van der Waals surface area (Å²) in [6.07, 6.45) is 5.23. The molecule has 1 amide bonds. The van der Waals surface area contributed by atoms with Crippen LogP contribution in [0.1, 0.15) is 61.7 Å². The maximum Gasteiger partial charge on any atom is 0.261 e. The molecule has 2 atom stereocenters. The van der Waals surface area contributed by atoms with Crippen LogP contribution in [0.2, 0.25) is 0 Å². The lowest BCUT2D eigenvalue weighted by Gasteiger charge is -2.48. The SMILES string of the molecule is CC(C)(C)c1cccc2cc(C(=O)NC3C4CCC(CC4)[C@@]34CN4)sc12. The van der Waals surface area contributed by atoms with E-state index < -0.39 is 0 Å². The molecule has 0 radical (unpaired) electrons. The first-order valence-electron chi connectivity index (χ1n) is 9.97. The number of carbonyl (C=O) groups excluding carboxylic acids is 1. The van der Waals surface area contributed by atoms with Crippen LogP contribution in [0, 0.1) is 11.8 Å². The lowest BCUT2D eigenvalue weighted by Crippen LogP contribution is -2.60. The van der Waals surface area contributed by atoms with Gasteiger partial charge in [0.15, 0.2) is 0 Å². The smallest absolute Gasteiger partial charge is 0.261 e. The first-order chi connectivity index (χ1) is 12.4. The predicted octanol–water partition coefficient (Wildman–Crippen LogP) is 4.46. The lowest BCUT2D eigenvalue weighted by molar-refractivity contribution is 0.0637. The van der Waals surface area contributed by atoms with E-state index in [4.69, 9.17) is 0 Å². The van der Waals surface area contributed by atoms with Gasteiger partial charge in [0.1, 0.15) is 0 Å². The Morgan fingerprint density at radius 2 is 1.96 bits per heavy atom. The molecule has 2 aromatic rings. The van der Waals surface area contributed by atoms with Crippen molar-refractivity contribution < 1.29 is 4.79 Å². The highest BCUT2D eigenvalue weighted by atomic mass is 32.1. The van der Waals surface area contributed by atoms with Crippen LogP contribution in [0.15, 0.2) is 24.3 Å². The van der Waals surface area contributed by atoms with E-state index in [-0.39, 0.29) is 16.9 Å². The van der Waals surface area contributed by atoms with Crippen LogP contribution in [-0.2, 0) is 5.41 Å². The van der Waals surface area contributed by atoms with E-state index >= 15 is 0 Å². The highest BCUT2D eigenvalue weighted by Gasteiger charge is 2.61. The van der Waals surface area contributed by atoms with Gasteiger partial charge in [-0.15, -0.1) is 11.3 Å². The number of hydrogen-bond acceptors (Lipinski definition) is 3. The van der Waals surface area contributed by atoms with Gasteiger partial charge in [-0.3, -0.25) is 4.79 Å². The second kappa shape index (κ2) is 5.56. The van der Waals surface area contributed by atoms with Crippen LogP contribution in [0.5, 0.6) is 0 Å². The van der Waals surface area contributed by atoms with Gasteiger partial charge in [-0.2, -0.15) is 0 Å². The summed E-state index contributed by atoms with van der Waals surface area (Å²) in [5.41, 5.74) is 1.63. The second-order valence-electron chi connectivity index (χ2n) is 9.54. The molecule has 3 aliphatic carbocycles. The van der Waals surface area contributed by atoms with Crippen molar-refractivity contribution in [1.82, 2.24) is 10.6 Å². The minimum absolute atomic E-state index is 0.0859. The second-order valence-corrected chi connectivity index (χ2v) is 10.6. The predicted molar refractivity (Wildman–Crippen MR) is 108 cm³/mol. The zero-order valence-electron chi connectivity index (χ0n) is 15.9. The molecule has 1 unspecified atom stereocenters. The van der Waals surface area contributed by atoms with Crippen molar-refractivity contribution >= 4 is 27.3 Å². The Labute approximate surface area is 159 Å². The molecule has 4 fully saturated rings. The number of fused-ring (bicyclic) bond motifs is 3. The van der Waals surface area contributed by atoms with E-state index in [1.807, 2.05) is 0 Å². The molecule has 3 nitrogen and oxygen atoms in total. The maximum absolute atomic E-state index is 13.1. The van der Waals surface area contributed by atoms with Gasteiger partial charge < -0.3 is 10.6 Å². The summed E-state index contributed by atoms with van der Waals surface area (Å²) in [7, 11) is 0. The third-order valence-corrected chi connectivity index (χ3v) is 8.16. The highest BCUT2D eigenvalue weighted by molar-refractivity contribution is 7.21. The van der Waals surface area contributed by atoms with E-state index in [2.05, 4.69) is 55.7 Å². The van der Waals surface area contributed by atoms with Crippen molar-refractivity contribution in [3.8, 4) is 0 Å². The molecule has 1 aromatic heterocycles. The molecule has 26 heavy (non-hydrogen) atoms. The Bertz CT molecular complexity index is 866. The maximum atomic E-state index is 13.1. The number of benzene rings is 1. The van der Waals surface area contributed by atoms with Crippen molar-refractivity contribution in [1.29, 1.82) is 0 Å². The van der Waals surface area contributed by atoms with Crippen molar-refractivity contribution in [3.63, 3.8) is 0 Å². The third kappa shape index (κ3) is 2.45. The first kappa shape index (κ1) is 16.8. The van der Waals surface area contributed by atoms with Gasteiger partial charge in [0.05, 0.1) is 16.5 Å². The van der Waals surface area contributed by atoms with Gasteiger partial charge in [0.25, 0.3) is 5.91 Å². The first-order valence-corrected chi connectivity index (χ1v) is 10.8. The van der Waals surface area contributed by atoms with Gasteiger partial charge in [0, 0.05) is 11.2 Å². The molecule has 4 aliphatic rings. The Morgan fingerprint density at radius 3 is 2.62 bits per heavy atom. The van der Waals surface area contributed by atoms with Crippen molar-refractivity contribution in [3.05, 3.63) is 34.7 Å². The van der Waals surface area contributed by atoms with E-state index in [1.165, 1.54) is 41.3 Å². The molecule has 1 aromatic carbocycles. The number of rotatable bonds is 2. The van der Waals surface area contributed by atoms with Crippen LogP contribution >= 0.6 is 11.3 Å². The number of nitrogens with one attached hydrogen (secondary N) is 2. The van der Waals surface area contributed by atoms with E-state index in [0.29, 0.717) is 12.0 Å². The lowest BCUT2D eigenvalue weighted by atomic mass is 9.61. The Hall–Kier alpha value is -1.39. The standard InChI is InChI=1S/C22H28N2OS/c1-21(2,3)16-6-4-5-14-11-17(26-18(14)16)20(25)24-19-13-7-9-15(10-8-13)22(19)12-23-22/h4-6,11,13,15,19,23H,7-10,12H2,1-3H3,(H,24,25)/t13?,15?,19?,22-/m0/s1. The fourth-order valence-corrected chi connectivity index (χ4v) is 6.76. The van der Waals surface area contributed by atoms with Gasteiger partial charge in [0.2, 0.25) is 0 Å². The minimum atomic E-state index is 0.0859. The number of amides is 1. The summed E-state index contributed by atoms with van der Waals surface area (Å²) in [4.78, 5) is 14.0. The average Bonchev–Trinajstić information content (AvgIpc) is 3.26. The molecule has 4 heteroatoms. The van der Waals surface area contributed by atoms with Crippen LogP contribution < -0.4 is 10.6 Å².